The average Bonchev–Trinajstić information content (AvgIpc) is 2.65. The van der Waals surface area contributed by atoms with E-state index in [1.807, 2.05) is 26.0 Å². The fourth-order valence-electron chi connectivity index (χ4n) is 4.52. The van der Waals surface area contributed by atoms with Crippen molar-refractivity contribution < 1.29 is 34.8 Å². The number of carbonyl (C=O) groups is 2. The molecular weight excluding hydrogens is 457 g/mol. The third kappa shape index (κ3) is 11.5. The molecule has 0 aromatic rings. The van der Waals surface area contributed by atoms with Crippen molar-refractivity contribution >= 4 is 101 Å². The molecule has 0 saturated heterocycles. The first-order valence-electron chi connectivity index (χ1n) is 11.0. The third-order valence-corrected chi connectivity index (χ3v) is 6.44. The van der Waals surface area contributed by atoms with Gasteiger partial charge in [0.2, 0.25) is 0 Å². The number of hydrogen-bond donors (Lipinski definition) is 4. The van der Waals surface area contributed by atoms with Gasteiger partial charge in [-0.15, -0.1) is 0 Å². The Morgan fingerprint density at radius 3 is 2.39 bits per heavy atom. The minimum atomic E-state index is -1.10. The molecule has 0 spiro atoms. The number of esters is 1. The van der Waals surface area contributed by atoms with Crippen LogP contribution in [0.5, 0.6) is 0 Å². The zero-order valence-corrected chi connectivity index (χ0v) is 18.1. The number of hydrogen-bond acceptors (Lipinski definition) is 6. The maximum absolute atomic E-state index is 12.4. The van der Waals surface area contributed by atoms with Crippen LogP contribution in [0.2, 0.25) is 0 Å². The van der Waals surface area contributed by atoms with E-state index in [-0.39, 0.29) is 131 Å². The van der Waals surface area contributed by atoms with E-state index in [1.54, 1.807) is 0 Å². The monoisotopic (exact) mass is 496 g/mol. The molecule has 8 atom stereocenters. The van der Waals surface area contributed by atoms with Crippen LogP contribution in [-0.4, -0.2) is 145 Å². The summed E-state index contributed by atoms with van der Waals surface area (Å²) in [5.41, 5.74) is 0.958. The van der Waals surface area contributed by atoms with Gasteiger partial charge in [-0.2, -0.15) is 0 Å². The summed E-state index contributed by atoms with van der Waals surface area (Å²) in [6.07, 6.45) is 4.64. The number of aliphatic hydroxyl groups excluding tert-OH is 3. The van der Waals surface area contributed by atoms with Crippen LogP contribution in [0.25, 0.3) is 0 Å². The molecule has 0 aromatic heterocycles. The molecule has 33 heavy (non-hydrogen) atoms. The number of rotatable bonds is 10. The van der Waals surface area contributed by atoms with Crippen molar-refractivity contribution in [2.45, 2.75) is 83.7 Å². The molecule has 0 aliphatic heterocycles. The second-order valence-corrected chi connectivity index (χ2v) is 8.88. The Bertz CT molecular complexity index is 670. The van der Waals surface area contributed by atoms with Crippen molar-refractivity contribution in [3.05, 3.63) is 23.8 Å². The number of aliphatic carboxylic acids is 1. The minimum absolute atomic E-state index is 0. The molecule has 2 rings (SSSR count). The van der Waals surface area contributed by atoms with Crippen molar-refractivity contribution in [1.29, 1.82) is 0 Å². The van der Waals surface area contributed by atoms with Gasteiger partial charge in [-0.1, -0.05) is 39.0 Å². The number of allylic oxidation sites excluding steroid dienone is 2. The quantitative estimate of drug-likeness (QED) is 0.256. The second-order valence-electron chi connectivity index (χ2n) is 8.88. The Morgan fingerprint density at radius 1 is 1.18 bits per heavy atom. The standard InChI is InChI=1S/C23H36O7.3Na.3H/c1-4-13(2)23(29)30-20-11-17(25)9-15-6-5-14(3)19(22(15)20)8-7-16(24)10-18(26)12-21(27)28;;;;;;/h5-6,9,13-14,16-20,22,24-26H,4,7-8,10-12H2,1-3H3,(H,27,28);;;;;;/t13-,14-,16+,17+,18+,19-,20-,22-;;;;;;/m0....../s1. The number of aliphatic hydroxyl groups is 3. The summed E-state index contributed by atoms with van der Waals surface area (Å²) in [6, 6.07) is 0. The van der Waals surface area contributed by atoms with E-state index in [0.717, 1.165) is 5.57 Å². The molecular formula is C23H39Na3O7. The first-order chi connectivity index (χ1) is 14.1. The molecule has 0 aromatic carbocycles. The molecule has 0 unspecified atom stereocenters. The zero-order valence-electron chi connectivity index (χ0n) is 18.1. The molecule has 7 nitrogen and oxygen atoms in total. The van der Waals surface area contributed by atoms with Crippen LogP contribution in [0.15, 0.2) is 23.8 Å². The van der Waals surface area contributed by atoms with Crippen molar-refractivity contribution in [1.82, 2.24) is 0 Å². The SMILES string of the molecule is CC[C@H](C)C(=O)O[C@H]1C[C@H](O)C=C2C=C[C@H](C)[C@H](CC[C@@H](O)C[C@@H](O)CC(=O)O)[C@H]21.[NaH].[NaH].[NaH]. The first-order valence-corrected chi connectivity index (χ1v) is 11.0. The average molecular weight is 497 g/mol. The van der Waals surface area contributed by atoms with E-state index in [9.17, 15) is 24.9 Å². The number of fused-ring (bicyclic) bond motifs is 1. The van der Waals surface area contributed by atoms with E-state index in [4.69, 9.17) is 9.84 Å². The predicted octanol–water partition coefficient (Wildman–Crippen LogP) is 0.495. The van der Waals surface area contributed by atoms with Crippen LogP contribution in [0, 0.1) is 23.7 Å². The Labute approximate surface area is 263 Å². The second kappa shape index (κ2) is 17.7. The molecule has 0 heterocycles. The van der Waals surface area contributed by atoms with Crippen LogP contribution in [-0.2, 0) is 14.3 Å². The first kappa shape index (κ1) is 36.5. The molecule has 10 heteroatoms. The topological polar surface area (TPSA) is 124 Å². The molecule has 0 bridgehead atoms. The van der Waals surface area contributed by atoms with Gasteiger partial charge in [0.25, 0.3) is 0 Å². The van der Waals surface area contributed by atoms with Gasteiger partial charge in [0.1, 0.15) is 6.10 Å². The number of carboxylic acid groups (broad SMARTS) is 1. The number of carboxylic acids is 1. The number of carbonyl (C=O) groups excluding carboxylic acids is 1. The summed E-state index contributed by atoms with van der Waals surface area (Å²) >= 11 is 0. The van der Waals surface area contributed by atoms with Crippen molar-refractivity contribution in [2.75, 3.05) is 0 Å². The Hall–Kier alpha value is 1.30. The zero-order chi connectivity index (χ0) is 22.4. The van der Waals surface area contributed by atoms with Gasteiger partial charge in [-0.3, -0.25) is 9.59 Å². The van der Waals surface area contributed by atoms with Crippen LogP contribution in [0.1, 0.15) is 59.3 Å². The van der Waals surface area contributed by atoms with Gasteiger partial charge in [-0.05, 0) is 43.1 Å². The van der Waals surface area contributed by atoms with Gasteiger partial charge in [0.15, 0.2) is 0 Å². The molecule has 0 amide bonds. The van der Waals surface area contributed by atoms with Gasteiger partial charge in [0.05, 0.1) is 30.7 Å². The van der Waals surface area contributed by atoms with E-state index in [0.29, 0.717) is 25.7 Å². The van der Waals surface area contributed by atoms with E-state index in [2.05, 4.69) is 13.0 Å². The van der Waals surface area contributed by atoms with E-state index < -0.39 is 30.4 Å². The summed E-state index contributed by atoms with van der Waals surface area (Å²) in [6.45, 7) is 5.85. The van der Waals surface area contributed by atoms with Gasteiger partial charge >= 0.3 is 101 Å². The summed E-state index contributed by atoms with van der Waals surface area (Å²) in [7, 11) is 0. The summed E-state index contributed by atoms with van der Waals surface area (Å²) in [5.74, 6) is -1.31. The summed E-state index contributed by atoms with van der Waals surface area (Å²) in [5, 5.41) is 39.1. The summed E-state index contributed by atoms with van der Waals surface area (Å²) < 4.78 is 5.84. The fraction of sp³-hybridized carbons (Fsp3) is 0.739. The third-order valence-electron chi connectivity index (χ3n) is 6.44. The molecule has 0 radical (unpaired) electrons. The van der Waals surface area contributed by atoms with Crippen molar-refractivity contribution in [3.63, 3.8) is 0 Å². The number of ether oxygens (including phenoxy) is 1. The van der Waals surface area contributed by atoms with Gasteiger partial charge in [-0.25, -0.2) is 0 Å². The molecule has 0 fully saturated rings. The normalized spacial score (nSPS) is 28.4. The van der Waals surface area contributed by atoms with Gasteiger partial charge < -0.3 is 25.2 Å². The van der Waals surface area contributed by atoms with Crippen molar-refractivity contribution in [2.24, 2.45) is 23.7 Å². The summed E-state index contributed by atoms with van der Waals surface area (Å²) in [4.78, 5) is 23.1. The van der Waals surface area contributed by atoms with Crippen LogP contribution in [0.4, 0.5) is 0 Å². The fourth-order valence-corrected chi connectivity index (χ4v) is 4.52. The Kier molecular flexibility index (Phi) is 19.6. The molecule has 4 N–H and O–H groups in total. The van der Waals surface area contributed by atoms with E-state index in [1.165, 1.54) is 0 Å². The van der Waals surface area contributed by atoms with E-state index >= 15 is 0 Å². The van der Waals surface area contributed by atoms with Crippen LogP contribution in [0.3, 0.4) is 0 Å². The van der Waals surface area contributed by atoms with Gasteiger partial charge in [0, 0.05) is 12.3 Å². The van der Waals surface area contributed by atoms with Crippen LogP contribution < -0.4 is 0 Å². The Balaban J connectivity index is 0. The Morgan fingerprint density at radius 2 is 1.82 bits per heavy atom. The molecule has 0 saturated carbocycles. The molecule has 176 valence electrons. The van der Waals surface area contributed by atoms with Crippen molar-refractivity contribution in [3.8, 4) is 0 Å². The predicted molar refractivity (Wildman–Crippen MR) is 133 cm³/mol. The maximum atomic E-state index is 12.4. The molecule has 2 aliphatic carbocycles. The molecule has 2 aliphatic rings. The van der Waals surface area contributed by atoms with Crippen LogP contribution >= 0.6 is 0 Å².